The number of amides is 1. The van der Waals surface area contributed by atoms with Crippen LogP contribution in [-0.4, -0.2) is 48.6 Å². The first kappa shape index (κ1) is 24.5. The van der Waals surface area contributed by atoms with Crippen molar-refractivity contribution in [1.29, 1.82) is 0 Å². The Morgan fingerprint density at radius 3 is 2.52 bits per heavy atom. The van der Waals surface area contributed by atoms with Crippen molar-refractivity contribution in [3.63, 3.8) is 0 Å². The molecule has 0 saturated carbocycles. The van der Waals surface area contributed by atoms with E-state index in [9.17, 15) is 19.1 Å². The van der Waals surface area contributed by atoms with Gasteiger partial charge in [0.05, 0.1) is 18.2 Å². The Morgan fingerprint density at radius 1 is 1.12 bits per heavy atom. The van der Waals surface area contributed by atoms with Crippen molar-refractivity contribution < 1.29 is 28.6 Å². The van der Waals surface area contributed by atoms with Gasteiger partial charge in [-0.1, -0.05) is 26.0 Å². The summed E-state index contributed by atoms with van der Waals surface area (Å²) in [5.41, 5.74) is 0.890. The Labute approximate surface area is 193 Å². The van der Waals surface area contributed by atoms with Crippen LogP contribution >= 0.6 is 0 Å². The zero-order valence-electron chi connectivity index (χ0n) is 19.2. The number of hydrogen-bond acceptors (Lipinski definition) is 5. The third kappa shape index (κ3) is 5.79. The number of ketones is 1. The van der Waals surface area contributed by atoms with E-state index >= 15 is 0 Å². The molecule has 176 valence electrons. The van der Waals surface area contributed by atoms with Gasteiger partial charge in [-0.05, 0) is 60.7 Å². The molecule has 0 aliphatic carbocycles. The summed E-state index contributed by atoms with van der Waals surface area (Å²) in [4.78, 5) is 27.4. The maximum Gasteiger partial charge on any atom is 0.295 e. The molecule has 2 aromatic carbocycles. The lowest BCUT2D eigenvalue weighted by molar-refractivity contribution is -0.140. The molecule has 2 aromatic rings. The van der Waals surface area contributed by atoms with Crippen LogP contribution in [0, 0.1) is 11.7 Å². The van der Waals surface area contributed by atoms with E-state index in [0.29, 0.717) is 36.9 Å². The van der Waals surface area contributed by atoms with Crippen molar-refractivity contribution in [2.75, 3.05) is 26.9 Å². The number of methoxy groups -OCH3 is 1. The van der Waals surface area contributed by atoms with E-state index in [0.717, 1.165) is 6.42 Å². The van der Waals surface area contributed by atoms with Crippen molar-refractivity contribution in [2.24, 2.45) is 5.92 Å². The van der Waals surface area contributed by atoms with Crippen LogP contribution in [0.3, 0.4) is 0 Å². The maximum absolute atomic E-state index is 13.4. The molecule has 0 radical (unpaired) electrons. The van der Waals surface area contributed by atoms with Gasteiger partial charge < -0.3 is 19.5 Å². The summed E-state index contributed by atoms with van der Waals surface area (Å²) in [7, 11) is 1.57. The molecule has 1 unspecified atom stereocenters. The molecule has 7 heteroatoms. The first-order chi connectivity index (χ1) is 15.8. The number of ether oxygens (including phenoxy) is 2. The number of likely N-dealkylation sites (tertiary alicyclic amines) is 1. The molecule has 1 aliphatic heterocycles. The van der Waals surface area contributed by atoms with Crippen LogP contribution in [0.2, 0.25) is 0 Å². The van der Waals surface area contributed by atoms with Gasteiger partial charge in [-0.15, -0.1) is 0 Å². The van der Waals surface area contributed by atoms with Gasteiger partial charge >= 0.3 is 0 Å². The molecular formula is C26H30FNO5. The number of hydrogen-bond donors (Lipinski definition) is 1. The maximum atomic E-state index is 13.4. The first-order valence-electron chi connectivity index (χ1n) is 11.1. The molecule has 1 aliphatic rings. The zero-order valence-corrected chi connectivity index (χ0v) is 19.2. The summed E-state index contributed by atoms with van der Waals surface area (Å²) < 4.78 is 24.4. The van der Waals surface area contributed by atoms with Gasteiger partial charge in [-0.2, -0.15) is 0 Å². The van der Waals surface area contributed by atoms with E-state index in [-0.39, 0.29) is 23.4 Å². The summed E-state index contributed by atoms with van der Waals surface area (Å²) >= 11 is 0. The SMILES string of the molecule is COCCCN1C(=O)C(=O)C(=C(O)c2ccc(F)cc2)C1c1cccc(OCCC(C)C)c1. The minimum absolute atomic E-state index is 0.0247. The lowest BCUT2D eigenvalue weighted by atomic mass is 9.95. The van der Waals surface area contributed by atoms with E-state index in [4.69, 9.17) is 9.47 Å². The number of rotatable bonds is 10. The zero-order chi connectivity index (χ0) is 24.0. The molecule has 33 heavy (non-hydrogen) atoms. The Kier molecular flexibility index (Phi) is 8.22. The van der Waals surface area contributed by atoms with Crippen molar-refractivity contribution >= 4 is 17.4 Å². The number of aliphatic hydroxyl groups is 1. The molecule has 3 rings (SSSR count). The lowest BCUT2D eigenvalue weighted by Crippen LogP contribution is -2.31. The van der Waals surface area contributed by atoms with E-state index in [1.54, 1.807) is 25.3 Å². The normalized spacial score (nSPS) is 17.7. The van der Waals surface area contributed by atoms with E-state index in [1.807, 2.05) is 6.07 Å². The van der Waals surface area contributed by atoms with E-state index < -0.39 is 23.5 Å². The monoisotopic (exact) mass is 455 g/mol. The van der Waals surface area contributed by atoms with Gasteiger partial charge in [0, 0.05) is 25.8 Å². The smallest absolute Gasteiger partial charge is 0.295 e. The molecule has 0 bridgehead atoms. The van der Waals surface area contributed by atoms with Crippen molar-refractivity contribution in [3.05, 3.63) is 71.0 Å². The standard InChI is InChI=1S/C26H30FNO5/c1-17(2)12-15-33-21-7-4-6-19(16-21)23-22(24(29)18-8-10-20(27)11-9-18)25(30)26(31)28(23)13-5-14-32-3/h4,6-11,16-17,23,29H,5,12-15H2,1-3H3. The van der Waals surface area contributed by atoms with Crippen molar-refractivity contribution in [1.82, 2.24) is 4.90 Å². The molecule has 1 fully saturated rings. The molecular weight excluding hydrogens is 425 g/mol. The number of benzene rings is 2. The highest BCUT2D eigenvalue weighted by atomic mass is 19.1. The average Bonchev–Trinajstić information content (AvgIpc) is 3.04. The summed E-state index contributed by atoms with van der Waals surface area (Å²) in [6.07, 6.45) is 1.42. The second kappa shape index (κ2) is 11.1. The Morgan fingerprint density at radius 2 is 1.85 bits per heavy atom. The molecule has 0 aromatic heterocycles. The Hall–Kier alpha value is -3.19. The van der Waals surface area contributed by atoms with Gasteiger partial charge in [-0.25, -0.2) is 4.39 Å². The minimum Gasteiger partial charge on any atom is -0.507 e. The largest absolute Gasteiger partial charge is 0.507 e. The fraction of sp³-hybridized carbons (Fsp3) is 0.385. The Bertz CT molecular complexity index is 1020. The predicted molar refractivity (Wildman–Crippen MR) is 123 cm³/mol. The predicted octanol–water partition coefficient (Wildman–Crippen LogP) is 4.71. The van der Waals surface area contributed by atoms with Gasteiger partial charge in [-0.3, -0.25) is 9.59 Å². The third-order valence-electron chi connectivity index (χ3n) is 5.54. The molecule has 1 atom stereocenters. The third-order valence-corrected chi connectivity index (χ3v) is 5.54. The fourth-order valence-corrected chi connectivity index (χ4v) is 3.79. The first-order valence-corrected chi connectivity index (χ1v) is 11.1. The van der Waals surface area contributed by atoms with Crippen molar-refractivity contribution in [2.45, 2.75) is 32.7 Å². The quantitative estimate of drug-likeness (QED) is 0.243. The van der Waals surface area contributed by atoms with Gasteiger partial charge in [0.2, 0.25) is 0 Å². The van der Waals surface area contributed by atoms with Gasteiger partial charge in [0.1, 0.15) is 17.3 Å². The number of carbonyl (C=O) groups excluding carboxylic acids is 2. The molecule has 1 saturated heterocycles. The van der Waals surface area contributed by atoms with Crippen LogP contribution in [0.4, 0.5) is 4.39 Å². The highest BCUT2D eigenvalue weighted by Crippen LogP contribution is 2.40. The minimum atomic E-state index is -0.791. The molecule has 1 amide bonds. The van der Waals surface area contributed by atoms with Gasteiger partial charge in [0.15, 0.2) is 0 Å². The van der Waals surface area contributed by atoms with Crippen LogP contribution in [0.1, 0.15) is 43.9 Å². The second-order valence-corrected chi connectivity index (χ2v) is 8.45. The molecule has 0 spiro atoms. The topological polar surface area (TPSA) is 76.1 Å². The van der Waals surface area contributed by atoms with Crippen LogP contribution in [0.15, 0.2) is 54.1 Å². The van der Waals surface area contributed by atoms with Crippen LogP contribution < -0.4 is 4.74 Å². The van der Waals surface area contributed by atoms with Gasteiger partial charge in [0.25, 0.3) is 11.7 Å². The van der Waals surface area contributed by atoms with Crippen molar-refractivity contribution in [3.8, 4) is 5.75 Å². The fourth-order valence-electron chi connectivity index (χ4n) is 3.79. The van der Waals surface area contributed by atoms with Crippen LogP contribution in [-0.2, 0) is 14.3 Å². The van der Waals surface area contributed by atoms with E-state index in [2.05, 4.69) is 13.8 Å². The molecule has 6 nitrogen and oxygen atoms in total. The summed E-state index contributed by atoms with van der Waals surface area (Å²) in [5.74, 6) is -1.14. The average molecular weight is 456 g/mol. The highest BCUT2D eigenvalue weighted by Gasteiger charge is 2.45. The van der Waals surface area contributed by atoms with Crippen LogP contribution in [0.25, 0.3) is 5.76 Å². The molecule has 1 N–H and O–H groups in total. The number of carbonyl (C=O) groups is 2. The number of aliphatic hydroxyl groups excluding tert-OH is 1. The Balaban J connectivity index is 2.03. The number of nitrogens with zero attached hydrogens (tertiary/aromatic N) is 1. The van der Waals surface area contributed by atoms with Crippen LogP contribution in [0.5, 0.6) is 5.75 Å². The lowest BCUT2D eigenvalue weighted by Gasteiger charge is -2.25. The highest BCUT2D eigenvalue weighted by molar-refractivity contribution is 6.46. The van der Waals surface area contributed by atoms with E-state index in [1.165, 1.54) is 29.2 Å². The molecule has 1 heterocycles. The summed E-state index contributed by atoms with van der Waals surface area (Å²) in [6.45, 7) is 5.48. The summed E-state index contributed by atoms with van der Waals surface area (Å²) in [6, 6.07) is 11.6. The summed E-state index contributed by atoms with van der Waals surface area (Å²) in [5, 5.41) is 11.0. The number of Topliss-reactive ketones (excluding diaryl/α,β-unsaturated/α-hetero) is 1. The number of halogens is 1. The second-order valence-electron chi connectivity index (χ2n) is 8.45.